The van der Waals surface area contributed by atoms with E-state index < -0.39 is 35.2 Å². The molecule has 0 aliphatic heterocycles. The number of carbonyl (C=O) groups is 6. The third kappa shape index (κ3) is 17.5. The van der Waals surface area contributed by atoms with Crippen LogP contribution in [0.1, 0.15) is 80.8 Å². The summed E-state index contributed by atoms with van der Waals surface area (Å²) in [5.41, 5.74) is 8.41. The van der Waals surface area contributed by atoms with Gasteiger partial charge in [0.15, 0.2) is 23.7 Å². The minimum absolute atomic E-state index is 0. The summed E-state index contributed by atoms with van der Waals surface area (Å²) >= 11 is 5.22. The summed E-state index contributed by atoms with van der Waals surface area (Å²) in [6.07, 6.45) is 0. The molecule has 0 fully saturated rings. The fourth-order valence-electron chi connectivity index (χ4n) is 3.12. The summed E-state index contributed by atoms with van der Waals surface area (Å²) in [5.74, 6) is -3.10. The summed E-state index contributed by atoms with van der Waals surface area (Å²) < 4.78 is 9.45. The van der Waals surface area contributed by atoms with Gasteiger partial charge >= 0.3 is 11.9 Å². The second kappa shape index (κ2) is 23.7. The van der Waals surface area contributed by atoms with Gasteiger partial charge in [-0.1, -0.05) is 70.5 Å². The molecule has 45 heavy (non-hydrogen) atoms. The number of hydrogen-bond acceptors (Lipinski definition) is 9. The minimum Gasteiger partial charge on any atom is -0.464 e. The molecule has 0 spiro atoms. The van der Waals surface area contributed by atoms with Gasteiger partial charge in [-0.3, -0.25) is 19.2 Å². The number of ketones is 2. The number of carbonyl (C=O) groups excluding carboxylic acids is 6. The highest BCUT2D eigenvalue weighted by atomic mass is 35.5. The number of hydrogen-bond donors (Lipinski definition) is 2. The number of nitrogens with one attached hydrogen (secondary N) is 1. The Bertz CT molecular complexity index is 1230. The highest BCUT2D eigenvalue weighted by Crippen LogP contribution is 2.07. The molecule has 0 aliphatic carbocycles. The maximum Gasteiger partial charge on any atom is 0.336 e. The molecule has 252 valence electrons. The van der Waals surface area contributed by atoms with E-state index in [1.54, 1.807) is 77.9 Å². The van der Waals surface area contributed by atoms with E-state index in [0.717, 1.165) is 11.1 Å². The molecular weight excluding hydrogens is 623 g/mol. The van der Waals surface area contributed by atoms with Crippen LogP contribution < -0.4 is 11.1 Å². The standard InChI is InChI=1S/C16H21NO4.C8H7ClO.C8H15NO3.CH4.ClH/c1-5-21-16(20)13(14(18)10(2)3)17-15(19)12-8-6-11(4)7-9-12;1-6-2-4-7(5-3-6)8(9)10;1-4-12-8(11)6(9)7(10)5(2)3;;/h6-10,13H,5H2,1-4H3,(H,17,19);2-5H,1H3;5-6H,4,9H2,1-3H3;1H4;1H. The van der Waals surface area contributed by atoms with Crippen molar-refractivity contribution in [3.8, 4) is 0 Å². The van der Waals surface area contributed by atoms with Gasteiger partial charge in [-0.2, -0.15) is 0 Å². The van der Waals surface area contributed by atoms with Crippen LogP contribution in [0.25, 0.3) is 0 Å². The van der Waals surface area contributed by atoms with Crippen molar-refractivity contribution in [3.05, 3.63) is 70.8 Å². The van der Waals surface area contributed by atoms with Crippen LogP contribution in [0, 0.1) is 25.7 Å². The Balaban J connectivity index is -0.000000627. The summed E-state index contributed by atoms with van der Waals surface area (Å²) in [4.78, 5) is 68.6. The van der Waals surface area contributed by atoms with Gasteiger partial charge in [0, 0.05) is 23.0 Å². The van der Waals surface area contributed by atoms with Crippen LogP contribution in [0.4, 0.5) is 0 Å². The van der Waals surface area contributed by atoms with Gasteiger partial charge in [0.25, 0.3) is 11.1 Å². The van der Waals surface area contributed by atoms with E-state index in [4.69, 9.17) is 22.1 Å². The zero-order valence-electron chi connectivity index (χ0n) is 26.5. The number of Topliss-reactive ketones (excluding diaryl/α,β-unsaturated/α-hetero) is 2. The molecule has 10 nitrogen and oxygen atoms in total. The van der Waals surface area contributed by atoms with E-state index in [1.807, 2.05) is 26.0 Å². The van der Waals surface area contributed by atoms with Crippen LogP contribution in [-0.2, 0) is 28.7 Å². The van der Waals surface area contributed by atoms with Crippen molar-refractivity contribution in [1.29, 1.82) is 0 Å². The Hall–Kier alpha value is -3.60. The zero-order valence-corrected chi connectivity index (χ0v) is 28.0. The van der Waals surface area contributed by atoms with E-state index in [-0.39, 0.29) is 56.4 Å². The van der Waals surface area contributed by atoms with Gasteiger partial charge in [-0.15, -0.1) is 12.4 Å². The molecule has 2 rings (SSSR count). The maximum atomic E-state index is 12.1. The maximum absolute atomic E-state index is 12.1. The molecule has 2 aromatic rings. The van der Waals surface area contributed by atoms with Crippen molar-refractivity contribution in [2.75, 3.05) is 13.2 Å². The second-order valence-corrected chi connectivity index (χ2v) is 10.4. The van der Waals surface area contributed by atoms with E-state index in [9.17, 15) is 28.8 Å². The van der Waals surface area contributed by atoms with Crippen molar-refractivity contribution >= 4 is 58.7 Å². The van der Waals surface area contributed by atoms with Crippen molar-refractivity contribution in [2.45, 2.75) is 74.9 Å². The second-order valence-electron chi connectivity index (χ2n) is 10.0. The van der Waals surface area contributed by atoms with E-state index in [2.05, 4.69) is 10.1 Å². The average Bonchev–Trinajstić information content (AvgIpc) is 2.96. The monoisotopic (exact) mass is 670 g/mol. The summed E-state index contributed by atoms with van der Waals surface area (Å²) in [6.45, 7) is 14.3. The largest absolute Gasteiger partial charge is 0.464 e. The van der Waals surface area contributed by atoms with Crippen LogP contribution in [0.15, 0.2) is 48.5 Å². The molecule has 2 atom stereocenters. The third-order valence-electron chi connectivity index (χ3n) is 5.66. The lowest BCUT2D eigenvalue weighted by molar-refractivity contribution is -0.150. The Morgan fingerprint density at radius 2 is 1.09 bits per heavy atom. The fourth-order valence-corrected chi connectivity index (χ4v) is 3.24. The molecule has 3 N–H and O–H groups in total. The summed E-state index contributed by atoms with van der Waals surface area (Å²) in [6, 6.07) is 11.6. The van der Waals surface area contributed by atoms with Crippen LogP contribution in [-0.4, -0.2) is 60.0 Å². The third-order valence-corrected chi connectivity index (χ3v) is 5.88. The molecule has 2 aromatic carbocycles. The fraction of sp³-hybridized carbons (Fsp3) is 0.455. The van der Waals surface area contributed by atoms with Gasteiger partial charge in [0.05, 0.1) is 13.2 Å². The lowest BCUT2D eigenvalue weighted by Crippen LogP contribution is -2.48. The summed E-state index contributed by atoms with van der Waals surface area (Å²) in [5, 5.41) is 2.05. The number of benzene rings is 2. The Morgan fingerprint density at radius 3 is 1.44 bits per heavy atom. The van der Waals surface area contributed by atoms with Crippen molar-refractivity contribution in [3.63, 3.8) is 0 Å². The molecule has 0 radical (unpaired) electrons. The minimum atomic E-state index is -1.27. The molecule has 0 aliphatic rings. The van der Waals surface area contributed by atoms with Gasteiger partial charge in [0.1, 0.15) is 0 Å². The first-order chi connectivity index (χ1) is 20.1. The molecule has 2 unspecified atom stereocenters. The molecule has 12 heteroatoms. The SMILES string of the molecule is C.CCOC(=O)C(N)C(=O)C(C)C.CCOC(=O)C(NC(=O)c1ccc(C)cc1)C(=O)C(C)C.Cc1ccc(C(=O)Cl)cc1.Cl. The molecule has 0 aromatic heterocycles. The van der Waals surface area contributed by atoms with Gasteiger partial charge in [0.2, 0.25) is 0 Å². The van der Waals surface area contributed by atoms with E-state index >= 15 is 0 Å². The van der Waals surface area contributed by atoms with Crippen LogP contribution in [0.5, 0.6) is 0 Å². The lowest BCUT2D eigenvalue weighted by Gasteiger charge is -2.18. The highest BCUT2D eigenvalue weighted by Gasteiger charge is 2.31. The van der Waals surface area contributed by atoms with Crippen molar-refractivity contribution in [1.82, 2.24) is 5.32 Å². The Morgan fingerprint density at radius 1 is 0.711 bits per heavy atom. The smallest absolute Gasteiger partial charge is 0.336 e. The number of esters is 2. The number of aryl methyl sites for hydroxylation is 2. The van der Waals surface area contributed by atoms with Crippen molar-refractivity contribution < 1.29 is 38.2 Å². The number of nitrogens with two attached hydrogens (primary N) is 1. The summed E-state index contributed by atoms with van der Waals surface area (Å²) in [7, 11) is 0. The first-order valence-electron chi connectivity index (χ1n) is 13.9. The quantitative estimate of drug-likeness (QED) is 0.181. The van der Waals surface area contributed by atoms with Gasteiger partial charge in [-0.25, -0.2) is 9.59 Å². The normalized spacial score (nSPS) is 11.0. The Labute approximate surface area is 278 Å². The average molecular weight is 672 g/mol. The van der Waals surface area contributed by atoms with Crippen LogP contribution in [0.3, 0.4) is 0 Å². The molecule has 0 heterocycles. The van der Waals surface area contributed by atoms with Crippen LogP contribution in [0.2, 0.25) is 0 Å². The molecule has 0 saturated carbocycles. The number of amides is 1. The number of ether oxygens (including phenoxy) is 2. The molecule has 0 bridgehead atoms. The number of rotatable bonds is 11. The van der Waals surface area contributed by atoms with Gasteiger partial charge in [-0.05, 0) is 63.6 Å². The lowest BCUT2D eigenvalue weighted by atomic mass is 10.0. The van der Waals surface area contributed by atoms with Gasteiger partial charge < -0.3 is 20.5 Å². The Kier molecular flexibility index (Phi) is 24.2. The molecular formula is C33H48Cl2N2O8. The predicted octanol–water partition coefficient (Wildman–Crippen LogP) is 5.42. The number of halogens is 2. The predicted molar refractivity (Wildman–Crippen MR) is 179 cm³/mol. The topological polar surface area (TPSA) is 159 Å². The zero-order chi connectivity index (χ0) is 33.3. The first kappa shape index (κ1) is 45.8. The highest BCUT2D eigenvalue weighted by molar-refractivity contribution is 6.67. The van der Waals surface area contributed by atoms with E-state index in [0.29, 0.717) is 11.1 Å². The van der Waals surface area contributed by atoms with E-state index in [1.165, 1.54) is 0 Å². The molecule has 0 saturated heterocycles. The van der Waals surface area contributed by atoms with Crippen molar-refractivity contribution in [2.24, 2.45) is 17.6 Å². The molecule has 1 amide bonds. The van der Waals surface area contributed by atoms with Crippen LogP contribution >= 0.6 is 24.0 Å². The first-order valence-corrected chi connectivity index (χ1v) is 14.2.